The van der Waals surface area contributed by atoms with E-state index in [0.717, 1.165) is 10.3 Å². The minimum absolute atomic E-state index is 0.0267. The topological polar surface area (TPSA) is 98.2 Å². The molecule has 1 saturated heterocycles. The van der Waals surface area contributed by atoms with Crippen molar-refractivity contribution < 1.29 is 28.9 Å². The molecule has 2 heterocycles. The number of aryl methyl sites for hydroxylation is 1. The van der Waals surface area contributed by atoms with Crippen LogP contribution in [-0.4, -0.2) is 42.6 Å². The number of ketones is 1. The van der Waals surface area contributed by atoms with Crippen LogP contribution >= 0.6 is 11.3 Å². The van der Waals surface area contributed by atoms with Crippen LogP contribution in [0, 0.1) is 6.92 Å². The van der Waals surface area contributed by atoms with Crippen molar-refractivity contribution in [2.24, 2.45) is 0 Å². The molecule has 0 spiro atoms. The van der Waals surface area contributed by atoms with Gasteiger partial charge >= 0.3 is 5.91 Å². The monoisotopic (exact) mass is 542 g/mol. The average Bonchev–Trinajstić information content (AvgIpc) is 3.49. The van der Waals surface area contributed by atoms with Crippen molar-refractivity contribution in [1.29, 1.82) is 0 Å². The van der Waals surface area contributed by atoms with Crippen LogP contribution in [0.15, 0.2) is 78.9 Å². The largest absolute Gasteiger partial charge is 0.507 e. The quantitative estimate of drug-likeness (QED) is 0.130. The molecule has 0 bridgehead atoms. The van der Waals surface area contributed by atoms with Gasteiger partial charge in [0.25, 0.3) is 5.78 Å². The smallest absolute Gasteiger partial charge is 0.301 e. The molecule has 9 heteroatoms. The number of thiazole rings is 1. The van der Waals surface area contributed by atoms with Crippen LogP contribution in [0.2, 0.25) is 0 Å². The van der Waals surface area contributed by atoms with Gasteiger partial charge in [0, 0.05) is 5.56 Å². The van der Waals surface area contributed by atoms with Gasteiger partial charge in [0.05, 0.1) is 36.1 Å². The van der Waals surface area contributed by atoms with Gasteiger partial charge in [-0.15, -0.1) is 0 Å². The maximum absolute atomic E-state index is 13.5. The lowest BCUT2D eigenvalue weighted by Crippen LogP contribution is -2.29. The number of hydrogen-bond acceptors (Lipinski definition) is 8. The Bertz CT molecular complexity index is 1620. The van der Waals surface area contributed by atoms with E-state index in [2.05, 4.69) is 11.6 Å². The maximum Gasteiger partial charge on any atom is 0.301 e. The number of aliphatic hydroxyl groups is 1. The second kappa shape index (κ2) is 10.6. The SMILES string of the molecule is C=CCOc1ccc(C2C(=C(O)c3ccc(OC)c(C)c3)C(=O)C(=O)N2c2nc3ccc(OC)cc3s2)cc1. The number of aliphatic hydroxyl groups excluding tert-OH is 1. The number of fused-ring (bicyclic) bond motifs is 1. The summed E-state index contributed by atoms with van der Waals surface area (Å²) in [6, 6.07) is 16.6. The Morgan fingerprint density at radius 1 is 1.05 bits per heavy atom. The van der Waals surface area contributed by atoms with E-state index >= 15 is 0 Å². The Hall–Kier alpha value is -4.63. The van der Waals surface area contributed by atoms with E-state index < -0.39 is 17.7 Å². The van der Waals surface area contributed by atoms with Crippen molar-refractivity contribution in [3.05, 3.63) is 95.6 Å². The summed E-state index contributed by atoms with van der Waals surface area (Å²) in [6.45, 7) is 5.83. The predicted molar refractivity (Wildman–Crippen MR) is 151 cm³/mol. The van der Waals surface area contributed by atoms with Crippen molar-refractivity contribution in [3.63, 3.8) is 0 Å². The first-order chi connectivity index (χ1) is 18.9. The number of carbonyl (C=O) groups is 2. The van der Waals surface area contributed by atoms with Crippen molar-refractivity contribution >= 4 is 44.1 Å². The fourth-order valence-electron chi connectivity index (χ4n) is 4.55. The highest BCUT2D eigenvalue weighted by molar-refractivity contribution is 7.22. The molecule has 1 atom stereocenters. The molecule has 8 nitrogen and oxygen atoms in total. The van der Waals surface area contributed by atoms with Crippen molar-refractivity contribution in [2.75, 3.05) is 25.7 Å². The number of Topliss-reactive ketones (excluding diaryl/α,β-unsaturated/α-hetero) is 1. The molecule has 0 aliphatic carbocycles. The van der Waals surface area contributed by atoms with Gasteiger partial charge in [-0.05, 0) is 66.6 Å². The number of hydrogen-bond donors (Lipinski definition) is 1. The first kappa shape index (κ1) is 26.0. The molecule has 0 saturated carbocycles. The normalized spacial score (nSPS) is 16.5. The minimum Gasteiger partial charge on any atom is -0.507 e. The summed E-state index contributed by atoms with van der Waals surface area (Å²) in [7, 11) is 3.13. The second-order valence-corrected chi connectivity index (χ2v) is 9.86. The fraction of sp³-hybridized carbons (Fsp3) is 0.167. The number of benzene rings is 3. The fourth-order valence-corrected chi connectivity index (χ4v) is 5.57. The first-order valence-corrected chi connectivity index (χ1v) is 12.9. The van der Waals surface area contributed by atoms with Crippen molar-refractivity contribution in [2.45, 2.75) is 13.0 Å². The molecular weight excluding hydrogens is 516 g/mol. The number of amides is 1. The van der Waals surface area contributed by atoms with Gasteiger partial charge in [-0.25, -0.2) is 4.98 Å². The number of nitrogens with zero attached hydrogens (tertiary/aromatic N) is 2. The first-order valence-electron chi connectivity index (χ1n) is 12.1. The van der Waals surface area contributed by atoms with E-state index in [4.69, 9.17) is 14.2 Å². The molecule has 1 N–H and O–H groups in total. The van der Waals surface area contributed by atoms with Crippen LogP contribution in [0.3, 0.4) is 0 Å². The predicted octanol–water partition coefficient (Wildman–Crippen LogP) is 5.81. The van der Waals surface area contributed by atoms with Crippen molar-refractivity contribution in [1.82, 2.24) is 4.98 Å². The molecule has 3 aromatic carbocycles. The highest BCUT2D eigenvalue weighted by Gasteiger charge is 2.48. The maximum atomic E-state index is 13.5. The molecule has 5 rings (SSSR count). The Labute approximate surface area is 229 Å². The minimum atomic E-state index is -0.914. The summed E-state index contributed by atoms with van der Waals surface area (Å²) in [4.78, 5) is 33.0. The van der Waals surface area contributed by atoms with E-state index in [-0.39, 0.29) is 11.3 Å². The average molecular weight is 543 g/mol. The molecule has 1 aliphatic rings. The van der Waals surface area contributed by atoms with E-state index in [0.29, 0.717) is 45.6 Å². The standard InChI is InChI=1S/C30H26N2O6S/c1-5-14-38-20-9-6-18(7-10-20)26-25(27(33)19-8-13-23(37-4)17(2)15-19)28(34)29(35)32(26)30-31-22-12-11-21(36-3)16-24(22)39-30/h5-13,15-16,26,33H,1,14H2,2-4H3. The number of aromatic nitrogens is 1. The van der Waals surface area contributed by atoms with E-state index in [1.54, 1.807) is 74.9 Å². The number of ether oxygens (including phenoxy) is 3. The third-order valence-corrected chi connectivity index (χ3v) is 7.48. The molecular formula is C30H26N2O6S. The lowest BCUT2D eigenvalue weighted by molar-refractivity contribution is -0.132. The Morgan fingerprint density at radius 2 is 1.79 bits per heavy atom. The van der Waals surface area contributed by atoms with Gasteiger partial charge in [0.1, 0.15) is 29.6 Å². The molecule has 39 heavy (non-hydrogen) atoms. The van der Waals surface area contributed by atoms with Gasteiger partial charge in [0.15, 0.2) is 5.13 Å². The van der Waals surface area contributed by atoms with Crippen molar-refractivity contribution in [3.8, 4) is 17.2 Å². The molecule has 1 aliphatic heterocycles. The number of rotatable bonds is 8. The zero-order chi connectivity index (χ0) is 27.7. The zero-order valence-corrected chi connectivity index (χ0v) is 22.5. The van der Waals surface area contributed by atoms with Crippen LogP contribution in [0.1, 0.15) is 22.7 Å². The summed E-state index contributed by atoms with van der Waals surface area (Å²) in [5.74, 6) is 0.0549. The van der Waals surface area contributed by atoms with Crippen LogP contribution in [0.5, 0.6) is 17.2 Å². The highest BCUT2D eigenvalue weighted by atomic mass is 32.1. The third-order valence-electron chi connectivity index (χ3n) is 6.47. The Balaban J connectivity index is 1.67. The van der Waals surface area contributed by atoms with Gasteiger partial charge in [-0.3, -0.25) is 14.5 Å². The number of methoxy groups -OCH3 is 2. The number of anilines is 1. The number of carbonyl (C=O) groups excluding carboxylic acids is 2. The Kier molecular flexibility index (Phi) is 7.08. The van der Waals surface area contributed by atoms with Gasteiger partial charge < -0.3 is 19.3 Å². The second-order valence-electron chi connectivity index (χ2n) is 8.85. The summed E-state index contributed by atoms with van der Waals surface area (Å²) in [6.07, 6.45) is 1.64. The van der Waals surface area contributed by atoms with Crippen LogP contribution in [0.4, 0.5) is 5.13 Å². The summed E-state index contributed by atoms with van der Waals surface area (Å²) in [5, 5.41) is 11.8. The molecule has 1 fully saturated rings. The van der Waals surface area contributed by atoms with Crippen LogP contribution in [0.25, 0.3) is 16.0 Å². The molecule has 198 valence electrons. The summed E-state index contributed by atoms with van der Waals surface area (Å²) < 4.78 is 17.1. The lowest BCUT2D eigenvalue weighted by atomic mass is 9.95. The molecule has 1 unspecified atom stereocenters. The van der Waals surface area contributed by atoms with Crippen LogP contribution in [-0.2, 0) is 9.59 Å². The van der Waals surface area contributed by atoms with Gasteiger partial charge in [-0.2, -0.15) is 0 Å². The van der Waals surface area contributed by atoms with E-state index in [9.17, 15) is 14.7 Å². The molecule has 0 radical (unpaired) electrons. The zero-order valence-electron chi connectivity index (χ0n) is 21.6. The lowest BCUT2D eigenvalue weighted by Gasteiger charge is -2.23. The molecule has 1 amide bonds. The summed E-state index contributed by atoms with van der Waals surface area (Å²) in [5.41, 5.74) is 2.42. The molecule has 1 aromatic heterocycles. The summed E-state index contributed by atoms with van der Waals surface area (Å²) >= 11 is 1.26. The van der Waals surface area contributed by atoms with E-state index in [1.165, 1.54) is 16.2 Å². The van der Waals surface area contributed by atoms with Crippen LogP contribution < -0.4 is 19.1 Å². The molecule has 4 aromatic rings. The van der Waals surface area contributed by atoms with E-state index in [1.807, 2.05) is 13.0 Å². The Morgan fingerprint density at radius 3 is 2.46 bits per heavy atom. The van der Waals surface area contributed by atoms with Gasteiger partial charge in [-0.1, -0.05) is 36.1 Å². The highest BCUT2D eigenvalue weighted by Crippen LogP contribution is 2.45. The van der Waals surface area contributed by atoms with Gasteiger partial charge in [0.2, 0.25) is 0 Å². The third kappa shape index (κ3) is 4.72.